The van der Waals surface area contributed by atoms with E-state index in [4.69, 9.17) is 0 Å². The fraction of sp³-hybridized carbons (Fsp3) is 0.300. The first kappa shape index (κ1) is 13.4. The molecular formula is C10H8F5NO. The zero-order valence-corrected chi connectivity index (χ0v) is 8.44. The van der Waals surface area contributed by atoms with Crippen molar-refractivity contribution >= 4 is 5.91 Å². The van der Waals surface area contributed by atoms with E-state index in [0.29, 0.717) is 0 Å². The molecule has 0 unspecified atom stereocenters. The number of amides is 1. The van der Waals surface area contributed by atoms with Gasteiger partial charge in [-0.25, -0.2) is 8.78 Å². The van der Waals surface area contributed by atoms with E-state index in [2.05, 4.69) is 0 Å². The van der Waals surface area contributed by atoms with E-state index in [1.54, 1.807) is 5.32 Å². The average Bonchev–Trinajstić information content (AvgIpc) is 2.21. The molecule has 0 fully saturated rings. The molecule has 2 nitrogen and oxygen atoms in total. The molecule has 0 aromatic heterocycles. The topological polar surface area (TPSA) is 29.1 Å². The molecule has 0 saturated carbocycles. The summed E-state index contributed by atoms with van der Waals surface area (Å²) in [7, 11) is 0. The highest BCUT2D eigenvalue weighted by Gasteiger charge is 2.38. The van der Waals surface area contributed by atoms with Crippen molar-refractivity contribution in [2.45, 2.75) is 12.6 Å². The monoisotopic (exact) mass is 253 g/mol. The molecule has 0 aliphatic heterocycles. The highest BCUT2D eigenvalue weighted by atomic mass is 19.4. The molecule has 0 atom stereocenters. The molecule has 1 aromatic rings. The Bertz CT molecular complexity index is 416. The summed E-state index contributed by atoms with van der Waals surface area (Å²) in [6.45, 7) is -0.418. The maximum Gasteiger partial charge on any atom is 0.471 e. The lowest BCUT2D eigenvalue weighted by molar-refractivity contribution is -0.173. The van der Waals surface area contributed by atoms with Crippen LogP contribution in [0.5, 0.6) is 0 Å². The number of halogens is 5. The van der Waals surface area contributed by atoms with Crippen molar-refractivity contribution in [1.82, 2.24) is 5.32 Å². The van der Waals surface area contributed by atoms with Crippen LogP contribution in [-0.2, 0) is 11.2 Å². The molecule has 1 rings (SSSR count). The first-order valence-electron chi connectivity index (χ1n) is 4.59. The Kier molecular flexibility index (Phi) is 4.03. The van der Waals surface area contributed by atoms with Gasteiger partial charge >= 0.3 is 12.1 Å². The van der Waals surface area contributed by atoms with Crippen LogP contribution in [0, 0.1) is 11.6 Å². The van der Waals surface area contributed by atoms with Gasteiger partial charge in [0.1, 0.15) is 11.6 Å². The standard InChI is InChI=1S/C10H8F5NO/c11-7-1-2-8(12)6(5-7)3-4-16-9(17)10(13,14)15/h1-2,5H,3-4H2,(H,16,17). The minimum atomic E-state index is -4.97. The van der Waals surface area contributed by atoms with Gasteiger partial charge in [-0.3, -0.25) is 4.79 Å². The lowest BCUT2D eigenvalue weighted by Crippen LogP contribution is -2.37. The molecule has 1 amide bonds. The van der Waals surface area contributed by atoms with E-state index >= 15 is 0 Å². The van der Waals surface area contributed by atoms with Crippen LogP contribution in [0.25, 0.3) is 0 Å². The molecule has 1 N–H and O–H groups in total. The number of carbonyl (C=O) groups is 1. The van der Waals surface area contributed by atoms with Crippen LogP contribution >= 0.6 is 0 Å². The van der Waals surface area contributed by atoms with Crippen molar-refractivity contribution < 1.29 is 26.7 Å². The zero-order valence-electron chi connectivity index (χ0n) is 8.44. The van der Waals surface area contributed by atoms with Gasteiger partial charge in [0.2, 0.25) is 0 Å². The summed E-state index contributed by atoms with van der Waals surface area (Å²) in [4.78, 5) is 10.4. The second-order valence-corrected chi connectivity index (χ2v) is 3.24. The highest BCUT2D eigenvalue weighted by molar-refractivity contribution is 5.81. The Morgan fingerprint density at radius 1 is 1.24 bits per heavy atom. The van der Waals surface area contributed by atoms with Crippen molar-refractivity contribution in [3.63, 3.8) is 0 Å². The third-order valence-electron chi connectivity index (χ3n) is 1.95. The summed E-state index contributed by atoms with van der Waals surface area (Å²) in [6.07, 6.45) is -5.19. The van der Waals surface area contributed by atoms with Crippen molar-refractivity contribution in [3.05, 3.63) is 35.4 Å². The Labute approximate surface area is 93.4 Å². The smallest absolute Gasteiger partial charge is 0.348 e. The van der Waals surface area contributed by atoms with Gasteiger partial charge in [0.25, 0.3) is 0 Å². The Hall–Kier alpha value is -1.66. The molecule has 0 saturated heterocycles. The zero-order chi connectivity index (χ0) is 13.1. The second kappa shape index (κ2) is 5.11. The molecule has 1 aromatic carbocycles. The number of hydrogen-bond donors (Lipinski definition) is 1. The minimum Gasteiger partial charge on any atom is -0.348 e. The number of carbonyl (C=O) groups excluding carboxylic acids is 1. The lowest BCUT2D eigenvalue weighted by atomic mass is 10.1. The number of nitrogens with one attached hydrogen (secondary N) is 1. The van der Waals surface area contributed by atoms with Crippen LogP contribution in [0.2, 0.25) is 0 Å². The SMILES string of the molecule is O=C(NCCc1cc(F)ccc1F)C(F)(F)F. The minimum absolute atomic E-state index is 0.0903. The van der Waals surface area contributed by atoms with E-state index in [9.17, 15) is 26.7 Å². The summed E-state index contributed by atoms with van der Waals surface area (Å²) >= 11 is 0. The Morgan fingerprint density at radius 3 is 2.47 bits per heavy atom. The fourth-order valence-corrected chi connectivity index (χ4v) is 1.15. The number of alkyl halides is 3. The van der Waals surface area contributed by atoms with Gasteiger partial charge < -0.3 is 5.32 Å². The van der Waals surface area contributed by atoms with Crippen LogP contribution in [0.15, 0.2) is 18.2 Å². The first-order valence-corrected chi connectivity index (χ1v) is 4.59. The molecule has 17 heavy (non-hydrogen) atoms. The van der Waals surface area contributed by atoms with Gasteiger partial charge in [0.05, 0.1) is 0 Å². The third kappa shape index (κ3) is 4.01. The molecule has 0 spiro atoms. The Morgan fingerprint density at radius 2 is 1.88 bits per heavy atom. The van der Waals surface area contributed by atoms with Crippen LogP contribution in [0.4, 0.5) is 22.0 Å². The largest absolute Gasteiger partial charge is 0.471 e. The molecule has 0 radical (unpaired) electrons. The van der Waals surface area contributed by atoms with E-state index in [1.165, 1.54) is 0 Å². The van der Waals surface area contributed by atoms with E-state index in [1.807, 2.05) is 0 Å². The van der Waals surface area contributed by atoms with Gasteiger partial charge in [0.15, 0.2) is 0 Å². The number of benzene rings is 1. The normalized spacial score (nSPS) is 11.4. The predicted octanol–water partition coefficient (Wildman–Crippen LogP) is 2.19. The molecular weight excluding hydrogens is 245 g/mol. The lowest BCUT2D eigenvalue weighted by Gasteiger charge is -2.08. The molecule has 0 aliphatic rings. The summed E-state index contributed by atoms with van der Waals surface area (Å²) in [5.74, 6) is -3.52. The quantitative estimate of drug-likeness (QED) is 0.822. The molecule has 7 heteroatoms. The first-order chi connectivity index (χ1) is 7.80. The highest BCUT2D eigenvalue weighted by Crippen LogP contribution is 2.14. The Balaban J connectivity index is 2.52. The maximum atomic E-state index is 13.0. The van der Waals surface area contributed by atoms with Crippen LogP contribution in [-0.4, -0.2) is 18.6 Å². The van der Waals surface area contributed by atoms with E-state index in [-0.39, 0.29) is 12.0 Å². The number of rotatable bonds is 3. The van der Waals surface area contributed by atoms with Crippen LogP contribution in [0.3, 0.4) is 0 Å². The molecule has 94 valence electrons. The van der Waals surface area contributed by atoms with Crippen molar-refractivity contribution in [2.24, 2.45) is 0 Å². The molecule has 0 aliphatic carbocycles. The summed E-state index contributed by atoms with van der Waals surface area (Å²) < 4.78 is 61.0. The summed E-state index contributed by atoms with van der Waals surface area (Å²) in [6, 6.07) is 2.64. The van der Waals surface area contributed by atoms with Gasteiger partial charge in [-0.1, -0.05) is 0 Å². The number of hydrogen-bond acceptors (Lipinski definition) is 1. The van der Waals surface area contributed by atoms with E-state index < -0.39 is 30.3 Å². The molecule has 0 heterocycles. The van der Waals surface area contributed by atoms with Crippen LogP contribution < -0.4 is 5.32 Å². The third-order valence-corrected chi connectivity index (χ3v) is 1.95. The summed E-state index contributed by atoms with van der Waals surface area (Å²) in [5.41, 5.74) is -0.0903. The van der Waals surface area contributed by atoms with Gasteiger partial charge in [-0.2, -0.15) is 13.2 Å². The maximum absolute atomic E-state index is 13.0. The van der Waals surface area contributed by atoms with Crippen LogP contribution in [0.1, 0.15) is 5.56 Å². The molecule has 0 bridgehead atoms. The predicted molar refractivity (Wildman–Crippen MR) is 49.1 cm³/mol. The van der Waals surface area contributed by atoms with Gasteiger partial charge in [-0.15, -0.1) is 0 Å². The van der Waals surface area contributed by atoms with Gasteiger partial charge in [-0.05, 0) is 30.2 Å². The fourth-order valence-electron chi connectivity index (χ4n) is 1.15. The second-order valence-electron chi connectivity index (χ2n) is 3.24. The average molecular weight is 253 g/mol. The van der Waals surface area contributed by atoms with Crippen molar-refractivity contribution in [1.29, 1.82) is 0 Å². The summed E-state index contributed by atoms with van der Waals surface area (Å²) in [5, 5.41) is 1.56. The van der Waals surface area contributed by atoms with Crippen molar-refractivity contribution in [3.8, 4) is 0 Å². The van der Waals surface area contributed by atoms with Gasteiger partial charge in [0, 0.05) is 6.54 Å². The van der Waals surface area contributed by atoms with E-state index in [0.717, 1.165) is 18.2 Å². The van der Waals surface area contributed by atoms with Crippen molar-refractivity contribution in [2.75, 3.05) is 6.54 Å².